The number of carbonyl (C=O) groups excluding carboxylic acids is 2. The van der Waals surface area contributed by atoms with Gasteiger partial charge in [-0.2, -0.15) is 0 Å². The van der Waals surface area contributed by atoms with Gasteiger partial charge in [0.2, 0.25) is 11.8 Å². The van der Waals surface area contributed by atoms with Crippen LogP contribution >= 0.6 is 15.9 Å². The molecule has 23 heavy (non-hydrogen) atoms. The van der Waals surface area contributed by atoms with Gasteiger partial charge in [0.1, 0.15) is 0 Å². The Morgan fingerprint density at radius 1 is 1.09 bits per heavy atom. The summed E-state index contributed by atoms with van der Waals surface area (Å²) in [6, 6.07) is 0. The molecule has 2 amide bonds. The van der Waals surface area contributed by atoms with E-state index < -0.39 is 0 Å². The third-order valence-corrected chi connectivity index (χ3v) is 7.47. The zero-order valence-electron chi connectivity index (χ0n) is 13.8. The number of hydrogen-bond donors (Lipinski definition) is 1. The van der Waals surface area contributed by atoms with Crippen LogP contribution in [0.4, 0.5) is 0 Å². The van der Waals surface area contributed by atoms with E-state index in [0.717, 1.165) is 44.2 Å². The van der Waals surface area contributed by atoms with Crippen LogP contribution < -0.4 is 5.32 Å². The van der Waals surface area contributed by atoms with Crippen LogP contribution in [0.5, 0.6) is 0 Å². The van der Waals surface area contributed by atoms with Crippen LogP contribution in [-0.4, -0.2) is 40.7 Å². The van der Waals surface area contributed by atoms with Crippen LogP contribution in [0.15, 0.2) is 0 Å². The summed E-state index contributed by atoms with van der Waals surface area (Å²) < 4.78 is 0.294. The fourth-order valence-electron chi connectivity index (χ4n) is 6.20. The molecule has 2 atom stereocenters. The van der Waals surface area contributed by atoms with Gasteiger partial charge in [-0.25, -0.2) is 0 Å². The van der Waals surface area contributed by atoms with E-state index in [1.807, 2.05) is 4.90 Å². The first-order valence-corrected chi connectivity index (χ1v) is 9.98. The molecule has 5 heteroatoms. The van der Waals surface area contributed by atoms with Gasteiger partial charge in [0, 0.05) is 23.8 Å². The summed E-state index contributed by atoms with van der Waals surface area (Å²) in [4.78, 5) is 26.4. The minimum Gasteiger partial charge on any atom is -0.347 e. The Bertz CT molecular complexity index is 501. The van der Waals surface area contributed by atoms with E-state index in [1.54, 1.807) is 0 Å². The minimum absolute atomic E-state index is 0.0793. The number of rotatable bonds is 4. The summed E-state index contributed by atoms with van der Waals surface area (Å²) in [6.45, 7) is 1.89. The zero-order valence-corrected chi connectivity index (χ0v) is 15.4. The van der Waals surface area contributed by atoms with E-state index in [2.05, 4.69) is 21.2 Å². The third kappa shape index (κ3) is 3.18. The molecule has 0 aromatic heterocycles. The van der Waals surface area contributed by atoms with Gasteiger partial charge >= 0.3 is 0 Å². The Morgan fingerprint density at radius 3 is 2.35 bits per heavy atom. The Morgan fingerprint density at radius 2 is 1.74 bits per heavy atom. The molecule has 1 saturated heterocycles. The van der Waals surface area contributed by atoms with E-state index in [9.17, 15) is 9.59 Å². The van der Waals surface area contributed by atoms with Gasteiger partial charge < -0.3 is 10.2 Å². The van der Waals surface area contributed by atoms with E-state index in [1.165, 1.54) is 32.1 Å². The molecule has 5 aliphatic rings. The minimum atomic E-state index is 0.0793. The first kappa shape index (κ1) is 15.9. The van der Waals surface area contributed by atoms with Crippen molar-refractivity contribution < 1.29 is 9.59 Å². The number of hydrogen-bond acceptors (Lipinski definition) is 2. The molecule has 5 rings (SSSR count). The van der Waals surface area contributed by atoms with Crippen LogP contribution in [0.2, 0.25) is 0 Å². The average molecular weight is 383 g/mol. The molecule has 4 nitrogen and oxygen atoms in total. The topological polar surface area (TPSA) is 49.4 Å². The van der Waals surface area contributed by atoms with Gasteiger partial charge in [0.15, 0.2) is 0 Å². The summed E-state index contributed by atoms with van der Waals surface area (Å²) in [5.74, 6) is 1.76. The lowest BCUT2D eigenvalue weighted by Gasteiger charge is -2.60. The second kappa shape index (κ2) is 5.75. The first-order valence-electron chi connectivity index (χ1n) is 9.19. The number of amides is 2. The molecule has 5 fully saturated rings. The lowest BCUT2D eigenvalue weighted by atomic mass is 9.48. The summed E-state index contributed by atoms with van der Waals surface area (Å²) >= 11 is 4.00. The molecule has 4 bridgehead atoms. The van der Waals surface area contributed by atoms with Crippen LogP contribution in [0.25, 0.3) is 0 Å². The third-order valence-electron chi connectivity index (χ3n) is 6.54. The maximum Gasteiger partial charge on any atom is 0.241 e. The van der Waals surface area contributed by atoms with E-state index in [0.29, 0.717) is 10.7 Å². The Balaban J connectivity index is 1.33. The number of likely N-dealkylation sites (tertiary alicyclic amines) is 1. The number of carbonyl (C=O) groups is 2. The summed E-state index contributed by atoms with van der Waals surface area (Å²) in [6.07, 6.45) is 10.3. The van der Waals surface area contributed by atoms with Crippen molar-refractivity contribution in [3.63, 3.8) is 0 Å². The Kier molecular flexibility index (Phi) is 3.98. The first-order chi connectivity index (χ1) is 11.0. The fraction of sp³-hybridized carbons (Fsp3) is 0.889. The Labute approximate surface area is 146 Å². The van der Waals surface area contributed by atoms with Crippen LogP contribution in [0, 0.1) is 17.3 Å². The molecule has 1 N–H and O–H groups in total. The zero-order chi connectivity index (χ0) is 16.1. The highest BCUT2D eigenvalue weighted by molar-refractivity contribution is 9.10. The van der Waals surface area contributed by atoms with Crippen molar-refractivity contribution in [1.29, 1.82) is 0 Å². The maximum absolute atomic E-state index is 12.5. The second-order valence-corrected chi connectivity index (χ2v) is 10.3. The number of nitrogens with zero attached hydrogens (tertiary/aromatic N) is 1. The largest absolute Gasteiger partial charge is 0.347 e. The molecule has 0 aromatic carbocycles. The summed E-state index contributed by atoms with van der Waals surface area (Å²) in [5, 5.41) is 2.90. The molecule has 2 unspecified atom stereocenters. The molecule has 0 aromatic rings. The van der Waals surface area contributed by atoms with Crippen molar-refractivity contribution >= 4 is 27.7 Å². The van der Waals surface area contributed by atoms with Crippen LogP contribution in [0.3, 0.4) is 0 Å². The van der Waals surface area contributed by atoms with Gasteiger partial charge in [-0.05, 0) is 68.6 Å². The molecule has 4 saturated carbocycles. The number of halogens is 1. The Hall–Kier alpha value is -0.580. The number of alkyl halides is 1. The average Bonchev–Trinajstić information content (AvgIpc) is 2.95. The standard InChI is InChI=1S/C18H27BrN2O2/c19-18-8-13-5-14(9-18)7-17(6-13,12-18)10-15(22)20-11-16(23)21-3-1-2-4-21/h13-14H,1-12H2,(H,20,22). The molecule has 0 spiro atoms. The molecular formula is C18H27BrN2O2. The van der Waals surface area contributed by atoms with Gasteiger partial charge in [0.25, 0.3) is 0 Å². The highest BCUT2D eigenvalue weighted by atomic mass is 79.9. The van der Waals surface area contributed by atoms with Gasteiger partial charge in [-0.1, -0.05) is 15.9 Å². The second-order valence-electron chi connectivity index (χ2n) is 8.65. The predicted octanol–water partition coefficient (Wildman–Crippen LogP) is 2.85. The van der Waals surface area contributed by atoms with Crippen molar-refractivity contribution in [3.05, 3.63) is 0 Å². The highest BCUT2D eigenvalue weighted by Crippen LogP contribution is 2.65. The fourth-order valence-corrected chi connectivity index (χ4v) is 7.71. The summed E-state index contributed by atoms with van der Waals surface area (Å²) in [5.41, 5.74) is 0.189. The van der Waals surface area contributed by atoms with E-state index >= 15 is 0 Å². The van der Waals surface area contributed by atoms with Crippen molar-refractivity contribution in [2.24, 2.45) is 17.3 Å². The van der Waals surface area contributed by atoms with Crippen LogP contribution in [-0.2, 0) is 9.59 Å². The molecule has 1 heterocycles. The monoisotopic (exact) mass is 382 g/mol. The molecule has 0 radical (unpaired) electrons. The van der Waals surface area contributed by atoms with Crippen molar-refractivity contribution in [2.75, 3.05) is 19.6 Å². The molecule has 1 aliphatic heterocycles. The van der Waals surface area contributed by atoms with Gasteiger partial charge in [0.05, 0.1) is 6.54 Å². The lowest BCUT2D eigenvalue weighted by Crippen LogP contribution is -2.54. The van der Waals surface area contributed by atoms with Crippen molar-refractivity contribution in [3.8, 4) is 0 Å². The normalized spacial score (nSPS) is 41.3. The van der Waals surface area contributed by atoms with E-state index in [4.69, 9.17) is 0 Å². The number of nitrogens with one attached hydrogen (secondary N) is 1. The van der Waals surface area contributed by atoms with Gasteiger partial charge in [-0.3, -0.25) is 9.59 Å². The smallest absolute Gasteiger partial charge is 0.241 e. The lowest BCUT2D eigenvalue weighted by molar-refractivity contribution is -0.134. The maximum atomic E-state index is 12.5. The van der Waals surface area contributed by atoms with Crippen molar-refractivity contribution in [1.82, 2.24) is 10.2 Å². The van der Waals surface area contributed by atoms with Crippen LogP contribution in [0.1, 0.15) is 57.8 Å². The van der Waals surface area contributed by atoms with E-state index in [-0.39, 0.29) is 23.8 Å². The predicted molar refractivity (Wildman–Crippen MR) is 92.2 cm³/mol. The molecule has 128 valence electrons. The van der Waals surface area contributed by atoms with Gasteiger partial charge in [-0.15, -0.1) is 0 Å². The summed E-state index contributed by atoms with van der Waals surface area (Å²) in [7, 11) is 0. The molecule has 4 aliphatic carbocycles. The highest BCUT2D eigenvalue weighted by Gasteiger charge is 2.57. The van der Waals surface area contributed by atoms with Crippen molar-refractivity contribution in [2.45, 2.75) is 62.1 Å². The quantitative estimate of drug-likeness (QED) is 0.759. The SMILES string of the molecule is O=C(CC12CC3CC(CC(Br)(C3)C1)C2)NCC(=O)N1CCCC1. The molecular weight excluding hydrogens is 356 g/mol.